The number of aryl methyl sites for hydroxylation is 1. The van der Waals surface area contributed by atoms with Crippen molar-refractivity contribution in [3.05, 3.63) is 29.3 Å². The molecule has 0 aromatic heterocycles. The lowest BCUT2D eigenvalue weighted by molar-refractivity contribution is -0.119. The van der Waals surface area contributed by atoms with E-state index < -0.39 is 0 Å². The van der Waals surface area contributed by atoms with Crippen LogP contribution in [0.5, 0.6) is 0 Å². The monoisotopic (exact) mass is 275 g/mol. The molecule has 4 N–H and O–H groups in total. The van der Waals surface area contributed by atoms with E-state index in [4.69, 9.17) is 11.5 Å². The lowest BCUT2D eigenvalue weighted by Crippen LogP contribution is -2.39. The zero-order chi connectivity index (χ0) is 14.7. The van der Waals surface area contributed by atoms with Crippen molar-refractivity contribution in [2.75, 3.05) is 18.8 Å². The highest BCUT2D eigenvalue weighted by atomic mass is 16.2. The molecule has 1 fully saturated rings. The summed E-state index contributed by atoms with van der Waals surface area (Å²) in [4.78, 5) is 25.1. The second kappa shape index (κ2) is 5.94. The molecule has 2 rings (SSSR count). The number of rotatable bonds is 3. The molecule has 0 atom stereocenters. The zero-order valence-electron chi connectivity index (χ0n) is 11.8. The maximum Gasteiger partial charge on any atom is 0.253 e. The van der Waals surface area contributed by atoms with Gasteiger partial charge in [0.1, 0.15) is 0 Å². The molecule has 5 heteroatoms. The van der Waals surface area contributed by atoms with Crippen molar-refractivity contribution in [3.63, 3.8) is 0 Å². The van der Waals surface area contributed by atoms with Gasteiger partial charge in [0, 0.05) is 30.8 Å². The first-order chi connectivity index (χ1) is 9.45. The van der Waals surface area contributed by atoms with Crippen LogP contribution in [-0.4, -0.2) is 29.8 Å². The first-order valence-corrected chi connectivity index (χ1v) is 6.90. The predicted molar refractivity (Wildman–Crippen MR) is 78.0 cm³/mol. The summed E-state index contributed by atoms with van der Waals surface area (Å²) in [6, 6.07) is 5.41. The number of amides is 2. The van der Waals surface area contributed by atoms with Crippen LogP contribution in [0.4, 0.5) is 5.69 Å². The number of primary amides is 1. The number of likely N-dealkylation sites (tertiary alicyclic amines) is 1. The summed E-state index contributed by atoms with van der Waals surface area (Å²) in [5.41, 5.74) is 13.2. The Kier molecular flexibility index (Phi) is 4.27. The molecule has 1 aromatic rings. The second-order valence-corrected chi connectivity index (χ2v) is 5.54. The van der Waals surface area contributed by atoms with Gasteiger partial charge in [-0.25, -0.2) is 0 Å². The van der Waals surface area contributed by atoms with E-state index in [2.05, 4.69) is 0 Å². The zero-order valence-corrected chi connectivity index (χ0v) is 11.8. The molecular weight excluding hydrogens is 254 g/mol. The van der Waals surface area contributed by atoms with Gasteiger partial charge in [0.05, 0.1) is 0 Å². The molecule has 0 saturated carbocycles. The fraction of sp³-hybridized carbons (Fsp3) is 0.467. The van der Waals surface area contributed by atoms with Crippen LogP contribution in [-0.2, 0) is 4.79 Å². The number of piperidine rings is 1. The molecule has 0 aliphatic carbocycles. The minimum absolute atomic E-state index is 0.0120. The van der Waals surface area contributed by atoms with E-state index in [0.717, 1.165) is 18.4 Å². The van der Waals surface area contributed by atoms with Crippen molar-refractivity contribution < 1.29 is 9.59 Å². The van der Waals surface area contributed by atoms with E-state index in [9.17, 15) is 9.59 Å². The summed E-state index contributed by atoms with van der Waals surface area (Å²) < 4.78 is 0. The van der Waals surface area contributed by atoms with Crippen LogP contribution < -0.4 is 11.5 Å². The summed E-state index contributed by atoms with van der Waals surface area (Å²) in [7, 11) is 0. The number of carbonyl (C=O) groups is 2. The number of anilines is 1. The summed E-state index contributed by atoms with van der Waals surface area (Å²) in [5, 5.41) is 0. The van der Waals surface area contributed by atoms with Crippen molar-refractivity contribution in [3.8, 4) is 0 Å². The Balaban J connectivity index is 1.99. The van der Waals surface area contributed by atoms with E-state index in [1.54, 1.807) is 6.07 Å². The Hall–Kier alpha value is -2.04. The summed E-state index contributed by atoms with van der Waals surface area (Å²) >= 11 is 0. The first-order valence-electron chi connectivity index (χ1n) is 6.90. The van der Waals surface area contributed by atoms with Crippen molar-refractivity contribution in [1.29, 1.82) is 0 Å². The maximum absolute atomic E-state index is 12.4. The number of benzene rings is 1. The average Bonchev–Trinajstić information content (AvgIpc) is 2.37. The van der Waals surface area contributed by atoms with E-state index in [-0.39, 0.29) is 11.8 Å². The van der Waals surface area contributed by atoms with Gasteiger partial charge in [-0.1, -0.05) is 0 Å². The predicted octanol–water partition coefficient (Wildman–Crippen LogP) is 1.30. The van der Waals surface area contributed by atoms with Gasteiger partial charge >= 0.3 is 0 Å². The standard InChI is InChI=1S/C15H21N3O2/c1-10-6-12(9-13(16)7-10)15(20)18-4-2-11(3-5-18)8-14(17)19/h6-7,9,11H,2-5,8,16H2,1H3,(H2,17,19). The van der Waals surface area contributed by atoms with Gasteiger partial charge in [-0.05, 0) is 49.4 Å². The molecule has 1 saturated heterocycles. The molecule has 5 nitrogen and oxygen atoms in total. The Morgan fingerprint density at radius 3 is 2.45 bits per heavy atom. The third kappa shape index (κ3) is 3.50. The number of carbonyl (C=O) groups excluding carboxylic acids is 2. The van der Waals surface area contributed by atoms with E-state index in [1.165, 1.54) is 0 Å². The third-order valence-electron chi connectivity index (χ3n) is 3.74. The fourth-order valence-corrected chi connectivity index (χ4v) is 2.74. The fourth-order valence-electron chi connectivity index (χ4n) is 2.74. The molecule has 1 aliphatic rings. The lowest BCUT2D eigenvalue weighted by atomic mass is 9.93. The lowest BCUT2D eigenvalue weighted by Gasteiger charge is -2.31. The molecule has 20 heavy (non-hydrogen) atoms. The quantitative estimate of drug-likeness (QED) is 0.815. The molecule has 0 radical (unpaired) electrons. The van der Waals surface area contributed by atoms with E-state index in [1.807, 2.05) is 24.0 Å². The molecule has 108 valence electrons. The molecule has 2 amide bonds. The normalized spacial score (nSPS) is 16.1. The Bertz CT molecular complexity index is 500. The smallest absolute Gasteiger partial charge is 0.253 e. The average molecular weight is 275 g/mol. The van der Waals surface area contributed by atoms with Gasteiger partial charge in [-0.3, -0.25) is 9.59 Å². The van der Waals surface area contributed by atoms with Gasteiger partial charge in [0.25, 0.3) is 5.91 Å². The Labute approximate surface area is 118 Å². The van der Waals surface area contributed by atoms with Crippen molar-refractivity contribution in [2.24, 2.45) is 11.7 Å². The van der Waals surface area contributed by atoms with E-state index in [0.29, 0.717) is 36.7 Å². The van der Waals surface area contributed by atoms with Crippen molar-refractivity contribution >= 4 is 17.5 Å². The Morgan fingerprint density at radius 1 is 1.25 bits per heavy atom. The number of hydrogen-bond acceptors (Lipinski definition) is 3. The molecule has 1 aliphatic heterocycles. The Morgan fingerprint density at radius 2 is 1.90 bits per heavy atom. The molecular formula is C15H21N3O2. The molecule has 0 bridgehead atoms. The summed E-state index contributed by atoms with van der Waals surface area (Å²) in [6.45, 7) is 3.27. The van der Waals surface area contributed by atoms with Gasteiger partial charge in [-0.2, -0.15) is 0 Å². The molecule has 1 aromatic carbocycles. The minimum Gasteiger partial charge on any atom is -0.399 e. The third-order valence-corrected chi connectivity index (χ3v) is 3.74. The topological polar surface area (TPSA) is 89.4 Å². The highest BCUT2D eigenvalue weighted by Gasteiger charge is 2.24. The van der Waals surface area contributed by atoms with Crippen molar-refractivity contribution in [2.45, 2.75) is 26.2 Å². The van der Waals surface area contributed by atoms with Gasteiger partial charge in [0.2, 0.25) is 5.91 Å². The number of nitrogens with two attached hydrogens (primary N) is 2. The largest absolute Gasteiger partial charge is 0.399 e. The highest BCUT2D eigenvalue weighted by Crippen LogP contribution is 2.22. The number of hydrogen-bond donors (Lipinski definition) is 2. The maximum atomic E-state index is 12.4. The van der Waals surface area contributed by atoms with Crippen LogP contribution in [0, 0.1) is 12.8 Å². The van der Waals surface area contributed by atoms with Gasteiger partial charge in [-0.15, -0.1) is 0 Å². The van der Waals surface area contributed by atoms with Gasteiger partial charge in [0.15, 0.2) is 0 Å². The van der Waals surface area contributed by atoms with Crippen LogP contribution >= 0.6 is 0 Å². The van der Waals surface area contributed by atoms with Crippen LogP contribution in [0.1, 0.15) is 35.2 Å². The van der Waals surface area contributed by atoms with Gasteiger partial charge < -0.3 is 16.4 Å². The van der Waals surface area contributed by atoms with E-state index >= 15 is 0 Å². The first kappa shape index (κ1) is 14.4. The number of nitrogens with zero attached hydrogens (tertiary/aromatic N) is 1. The highest BCUT2D eigenvalue weighted by molar-refractivity contribution is 5.95. The van der Waals surface area contributed by atoms with Crippen molar-refractivity contribution in [1.82, 2.24) is 4.90 Å². The molecule has 0 spiro atoms. The molecule has 0 unspecified atom stereocenters. The SMILES string of the molecule is Cc1cc(N)cc(C(=O)N2CCC(CC(N)=O)CC2)c1. The summed E-state index contributed by atoms with van der Waals surface area (Å²) in [6.07, 6.45) is 2.07. The number of nitrogen functional groups attached to an aromatic ring is 1. The molecule has 1 heterocycles. The van der Waals surface area contributed by atoms with Crippen LogP contribution in [0.25, 0.3) is 0 Å². The minimum atomic E-state index is -0.263. The van der Waals surface area contributed by atoms with Crippen LogP contribution in [0.3, 0.4) is 0 Å². The van der Waals surface area contributed by atoms with Crippen LogP contribution in [0.2, 0.25) is 0 Å². The summed E-state index contributed by atoms with van der Waals surface area (Å²) in [5.74, 6) is 0.0540. The van der Waals surface area contributed by atoms with Crippen LogP contribution in [0.15, 0.2) is 18.2 Å². The second-order valence-electron chi connectivity index (χ2n) is 5.54.